The third-order valence-corrected chi connectivity index (χ3v) is 3.94. The summed E-state index contributed by atoms with van der Waals surface area (Å²) in [6.07, 6.45) is 3.18. The molecular weight excluding hydrogens is 206 g/mol. The molecule has 0 spiro atoms. The zero-order valence-corrected chi connectivity index (χ0v) is 9.90. The molecule has 2 amide bonds. The summed E-state index contributed by atoms with van der Waals surface area (Å²) in [5.41, 5.74) is -0.954. The standard InChI is InChI=1S/C12H19NO3/c1-3-12(2,16)7-13-10(14)8-5-4-6-9(8)11(13)15/h8-9,16H,3-7H2,1-2H3. The Labute approximate surface area is 95.6 Å². The molecule has 0 aromatic carbocycles. The molecule has 0 radical (unpaired) electrons. The SMILES string of the molecule is CCC(C)(O)CN1C(=O)C2CCCC2C1=O. The molecule has 0 bridgehead atoms. The largest absolute Gasteiger partial charge is 0.388 e. The Morgan fingerprint density at radius 2 is 1.81 bits per heavy atom. The Balaban J connectivity index is 2.12. The van der Waals surface area contributed by atoms with E-state index in [2.05, 4.69) is 0 Å². The van der Waals surface area contributed by atoms with E-state index in [0.717, 1.165) is 19.3 Å². The molecule has 16 heavy (non-hydrogen) atoms. The van der Waals surface area contributed by atoms with Crippen LogP contribution in [0.3, 0.4) is 0 Å². The number of rotatable bonds is 3. The highest BCUT2D eigenvalue weighted by atomic mass is 16.3. The summed E-state index contributed by atoms with van der Waals surface area (Å²) in [4.78, 5) is 25.2. The fraction of sp³-hybridized carbons (Fsp3) is 0.833. The highest BCUT2D eigenvalue weighted by Gasteiger charge is 2.50. The molecule has 1 aliphatic carbocycles. The van der Waals surface area contributed by atoms with Gasteiger partial charge >= 0.3 is 0 Å². The van der Waals surface area contributed by atoms with Gasteiger partial charge in [-0.3, -0.25) is 14.5 Å². The van der Waals surface area contributed by atoms with Crippen molar-refractivity contribution in [3.8, 4) is 0 Å². The molecule has 3 atom stereocenters. The number of carbonyl (C=O) groups is 2. The van der Waals surface area contributed by atoms with Crippen LogP contribution in [0.5, 0.6) is 0 Å². The molecule has 1 N–H and O–H groups in total. The molecule has 90 valence electrons. The average Bonchev–Trinajstić information content (AvgIpc) is 2.79. The van der Waals surface area contributed by atoms with Crippen LogP contribution < -0.4 is 0 Å². The van der Waals surface area contributed by atoms with E-state index in [1.807, 2.05) is 6.92 Å². The first-order valence-corrected chi connectivity index (χ1v) is 6.04. The van der Waals surface area contributed by atoms with E-state index in [1.54, 1.807) is 6.92 Å². The van der Waals surface area contributed by atoms with Crippen molar-refractivity contribution in [2.24, 2.45) is 11.8 Å². The lowest BCUT2D eigenvalue weighted by Crippen LogP contribution is -2.44. The molecule has 1 heterocycles. The number of fused-ring (bicyclic) bond motifs is 1. The lowest BCUT2D eigenvalue weighted by Gasteiger charge is -2.27. The average molecular weight is 225 g/mol. The second kappa shape index (κ2) is 3.84. The van der Waals surface area contributed by atoms with Crippen LogP contribution in [0.25, 0.3) is 0 Å². The maximum atomic E-state index is 12.0. The smallest absolute Gasteiger partial charge is 0.233 e. The minimum atomic E-state index is -0.954. The van der Waals surface area contributed by atoms with Crippen LogP contribution in [-0.2, 0) is 9.59 Å². The number of aliphatic hydroxyl groups is 1. The van der Waals surface area contributed by atoms with Crippen LogP contribution in [0.1, 0.15) is 39.5 Å². The van der Waals surface area contributed by atoms with E-state index in [0.29, 0.717) is 6.42 Å². The molecule has 0 aromatic rings. The van der Waals surface area contributed by atoms with Crippen molar-refractivity contribution in [2.75, 3.05) is 6.54 Å². The second-order valence-corrected chi connectivity index (χ2v) is 5.26. The van der Waals surface area contributed by atoms with Crippen molar-refractivity contribution in [2.45, 2.75) is 45.1 Å². The first-order chi connectivity index (χ1) is 7.46. The predicted octanol–water partition coefficient (Wildman–Crippen LogP) is 0.933. The fourth-order valence-corrected chi connectivity index (χ4v) is 2.67. The van der Waals surface area contributed by atoms with Gasteiger partial charge in [0.2, 0.25) is 11.8 Å². The summed E-state index contributed by atoms with van der Waals surface area (Å²) < 4.78 is 0. The van der Waals surface area contributed by atoms with E-state index in [4.69, 9.17) is 0 Å². The lowest BCUT2D eigenvalue weighted by molar-refractivity contribution is -0.144. The molecule has 2 aliphatic rings. The summed E-state index contributed by atoms with van der Waals surface area (Å²) in [6.45, 7) is 3.67. The van der Waals surface area contributed by atoms with Gasteiger partial charge in [-0.25, -0.2) is 0 Å². The topological polar surface area (TPSA) is 57.6 Å². The van der Waals surface area contributed by atoms with Crippen molar-refractivity contribution in [1.29, 1.82) is 0 Å². The van der Waals surface area contributed by atoms with Gasteiger partial charge in [0, 0.05) is 0 Å². The summed E-state index contributed by atoms with van der Waals surface area (Å²) in [6, 6.07) is 0. The first-order valence-electron chi connectivity index (χ1n) is 6.04. The third kappa shape index (κ3) is 1.75. The molecule has 4 heteroatoms. The fourth-order valence-electron chi connectivity index (χ4n) is 2.67. The van der Waals surface area contributed by atoms with Gasteiger partial charge in [0.25, 0.3) is 0 Å². The lowest BCUT2D eigenvalue weighted by atomic mass is 10.00. The van der Waals surface area contributed by atoms with E-state index >= 15 is 0 Å². The molecule has 1 aliphatic heterocycles. The number of likely N-dealkylation sites (tertiary alicyclic amines) is 1. The second-order valence-electron chi connectivity index (χ2n) is 5.26. The van der Waals surface area contributed by atoms with Crippen LogP contribution in [0.4, 0.5) is 0 Å². The third-order valence-electron chi connectivity index (χ3n) is 3.94. The van der Waals surface area contributed by atoms with Crippen LogP contribution in [0, 0.1) is 11.8 Å². The van der Waals surface area contributed by atoms with Gasteiger partial charge in [-0.15, -0.1) is 0 Å². The van der Waals surface area contributed by atoms with E-state index in [9.17, 15) is 14.7 Å². The van der Waals surface area contributed by atoms with Crippen molar-refractivity contribution in [1.82, 2.24) is 4.90 Å². The Morgan fingerprint density at radius 3 is 2.25 bits per heavy atom. The zero-order valence-electron chi connectivity index (χ0n) is 9.90. The quantitative estimate of drug-likeness (QED) is 0.727. The van der Waals surface area contributed by atoms with Gasteiger partial charge in [0.15, 0.2) is 0 Å². The van der Waals surface area contributed by atoms with E-state index in [1.165, 1.54) is 4.90 Å². The maximum absolute atomic E-state index is 12.0. The van der Waals surface area contributed by atoms with Crippen LogP contribution in [-0.4, -0.2) is 34.0 Å². The van der Waals surface area contributed by atoms with Crippen molar-refractivity contribution < 1.29 is 14.7 Å². The summed E-state index contributed by atoms with van der Waals surface area (Å²) in [5, 5.41) is 9.94. The molecule has 1 saturated carbocycles. The van der Waals surface area contributed by atoms with E-state index in [-0.39, 0.29) is 30.2 Å². The molecule has 1 saturated heterocycles. The predicted molar refractivity (Wildman–Crippen MR) is 58.5 cm³/mol. The van der Waals surface area contributed by atoms with Gasteiger partial charge < -0.3 is 5.11 Å². The summed E-state index contributed by atoms with van der Waals surface area (Å²) in [7, 11) is 0. The molecule has 3 unspecified atom stereocenters. The summed E-state index contributed by atoms with van der Waals surface area (Å²) in [5.74, 6) is -0.331. The molecule has 2 rings (SSSR count). The van der Waals surface area contributed by atoms with Gasteiger partial charge in [0.05, 0.1) is 24.0 Å². The molecule has 2 fully saturated rings. The van der Waals surface area contributed by atoms with Crippen molar-refractivity contribution >= 4 is 11.8 Å². The first kappa shape index (κ1) is 11.6. The Hall–Kier alpha value is -0.900. The Bertz CT molecular complexity index is 302. The highest BCUT2D eigenvalue weighted by Crippen LogP contribution is 2.40. The number of carbonyl (C=O) groups excluding carboxylic acids is 2. The number of hydrogen-bond acceptors (Lipinski definition) is 3. The number of β-amino-alcohol motifs (C(OH)–C–C–N with tert-alkyl or cyclic N) is 1. The zero-order chi connectivity index (χ0) is 11.9. The van der Waals surface area contributed by atoms with Gasteiger partial charge in [0.1, 0.15) is 0 Å². The number of nitrogens with zero attached hydrogens (tertiary/aromatic N) is 1. The molecule has 4 nitrogen and oxygen atoms in total. The van der Waals surface area contributed by atoms with E-state index < -0.39 is 5.60 Å². The summed E-state index contributed by atoms with van der Waals surface area (Å²) >= 11 is 0. The van der Waals surface area contributed by atoms with Gasteiger partial charge in [-0.05, 0) is 26.2 Å². The van der Waals surface area contributed by atoms with Crippen LogP contribution in [0.2, 0.25) is 0 Å². The van der Waals surface area contributed by atoms with Crippen molar-refractivity contribution in [3.05, 3.63) is 0 Å². The normalized spacial score (nSPS) is 33.1. The Kier molecular flexibility index (Phi) is 2.78. The number of imide groups is 1. The van der Waals surface area contributed by atoms with Gasteiger partial charge in [-0.1, -0.05) is 13.3 Å². The minimum absolute atomic E-state index is 0.0683. The molecular formula is C12H19NO3. The maximum Gasteiger partial charge on any atom is 0.233 e. The minimum Gasteiger partial charge on any atom is -0.388 e. The molecule has 0 aromatic heterocycles. The number of amides is 2. The highest BCUT2D eigenvalue weighted by molar-refractivity contribution is 6.05. The number of hydrogen-bond donors (Lipinski definition) is 1. The van der Waals surface area contributed by atoms with Gasteiger partial charge in [-0.2, -0.15) is 0 Å². The van der Waals surface area contributed by atoms with Crippen LogP contribution >= 0.6 is 0 Å². The Morgan fingerprint density at radius 1 is 1.31 bits per heavy atom. The van der Waals surface area contributed by atoms with Crippen LogP contribution in [0.15, 0.2) is 0 Å². The van der Waals surface area contributed by atoms with Crippen molar-refractivity contribution in [3.63, 3.8) is 0 Å². The monoisotopic (exact) mass is 225 g/mol.